The van der Waals surface area contributed by atoms with Crippen LogP contribution in [-0.2, 0) is 9.53 Å². The van der Waals surface area contributed by atoms with E-state index in [1.54, 1.807) is 45.0 Å². The number of benzene rings is 1. The van der Waals surface area contributed by atoms with Gasteiger partial charge in [-0.3, -0.25) is 4.79 Å². The summed E-state index contributed by atoms with van der Waals surface area (Å²) in [6, 6.07) is 5.29. The highest BCUT2D eigenvalue weighted by Crippen LogP contribution is 2.40. The van der Waals surface area contributed by atoms with Crippen molar-refractivity contribution in [1.82, 2.24) is 5.32 Å². The van der Waals surface area contributed by atoms with Gasteiger partial charge >= 0.3 is 6.09 Å². The molecule has 1 aromatic rings. The molecular formula is C21H23NO5. The number of nitrogens with one attached hydrogen (secondary N) is 1. The predicted octanol–water partition coefficient (Wildman–Crippen LogP) is 2.78. The molecule has 1 aromatic carbocycles. The summed E-state index contributed by atoms with van der Waals surface area (Å²) in [5.41, 5.74) is 1.17. The third-order valence-electron chi connectivity index (χ3n) is 4.18. The first-order valence-electron chi connectivity index (χ1n) is 8.93. The average Bonchev–Trinajstić information content (AvgIpc) is 2.56. The fourth-order valence-electron chi connectivity index (χ4n) is 3.02. The summed E-state index contributed by atoms with van der Waals surface area (Å²) in [6.45, 7) is 5.53. The Hall–Kier alpha value is -2.78. The average molecular weight is 369 g/mol. The van der Waals surface area contributed by atoms with Gasteiger partial charge in [-0.05, 0) is 51.5 Å². The third kappa shape index (κ3) is 4.50. The molecule has 3 rings (SSSR count). The van der Waals surface area contributed by atoms with E-state index in [0.29, 0.717) is 41.7 Å². The molecule has 0 spiro atoms. The zero-order valence-electron chi connectivity index (χ0n) is 15.7. The zero-order chi connectivity index (χ0) is 19.7. The minimum Gasteiger partial charge on any atom is -0.457 e. The van der Waals surface area contributed by atoms with Gasteiger partial charge in [0.15, 0.2) is 5.78 Å². The van der Waals surface area contributed by atoms with E-state index in [0.717, 1.165) is 0 Å². The Labute approximate surface area is 158 Å². The molecule has 6 nitrogen and oxygen atoms in total. The second-order valence-corrected chi connectivity index (χ2v) is 7.63. The molecule has 0 aromatic heterocycles. The quantitative estimate of drug-likeness (QED) is 0.744. The number of Topliss-reactive ketones (excluding diaryl/α,β-unsaturated/α-hetero) is 1. The molecule has 0 radical (unpaired) electrons. The Morgan fingerprint density at radius 1 is 1.41 bits per heavy atom. The fraction of sp³-hybridized carbons (Fsp3) is 0.429. The summed E-state index contributed by atoms with van der Waals surface area (Å²) in [6.07, 6.45) is 2.60. The zero-order valence-corrected chi connectivity index (χ0v) is 15.7. The summed E-state index contributed by atoms with van der Waals surface area (Å²) < 4.78 is 10.8. The van der Waals surface area contributed by atoms with Crippen molar-refractivity contribution < 1.29 is 24.2 Å². The van der Waals surface area contributed by atoms with E-state index in [1.807, 2.05) is 0 Å². The minimum absolute atomic E-state index is 0.0903. The van der Waals surface area contributed by atoms with Crippen LogP contribution in [-0.4, -0.2) is 34.9 Å². The number of ketones is 1. The Balaban J connectivity index is 1.70. The van der Waals surface area contributed by atoms with Gasteiger partial charge in [-0.25, -0.2) is 4.79 Å². The molecule has 0 saturated heterocycles. The molecule has 2 N–H and O–H groups in total. The monoisotopic (exact) mass is 369 g/mol. The number of hydrogen-bond acceptors (Lipinski definition) is 5. The molecule has 1 unspecified atom stereocenters. The highest BCUT2D eigenvalue weighted by atomic mass is 16.6. The first-order chi connectivity index (χ1) is 12.7. The number of ether oxygens (including phenoxy) is 2. The van der Waals surface area contributed by atoms with Crippen LogP contribution in [0.1, 0.15) is 51.2 Å². The summed E-state index contributed by atoms with van der Waals surface area (Å²) >= 11 is 0. The number of hydrogen-bond donors (Lipinski definition) is 2. The maximum absolute atomic E-state index is 12.1. The van der Waals surface area contributed by atoms with Gasteiger partial charge in [-0.1, -0.05) is 11.8 Å². The first kappa shape index (κ1) is 19.0. The number of alkyl carbamates (subject to hydrolysis) is 1. The maximum atomic E-state index is 12.1. The van der Waals surface area contributed by atoms with Crippen molar-refractivity contribution in [2.75, 3.05) is 6.54 Å². The second kappa shape index (κ2) is 7.09. The lowest BCUT2D eigenvalue weighted by atomic mass is 9.84. The summed E-state index contributed by atoms with van der Waals surface area (Å²) in [4.78, 5) is 23.7. The molecule has 1 aliphatic carbocycles. The van der Waals surface area contributed by atoms with Gasteiger partial charge in [0.25, 0.3) is 0 Å². The summed E-state index contributed by atoms with van der Waals surface area (Å²) in [5, 5.41) is 13.2. The first-order valence-corrected chi connectivity index (χ1v) is 8.93. The van der Waals surface area contributed by atoms with Crippen molar-refractivity contribution in [3.63, 3.8) is 0 Å². The standard InChI is InChI=1S/C21H23NO5/c1-20(2,3)27-19(24)22-11-5-6-14-8-9-18-15(12-14)13-16-17(23)7-4-10-21(16,25)26-18/h8-9,12-13,25H,4,7,10-11H2,1-3H3,(H,22,24). The van der Waals surface area contributed by atoms with Crippen LogP contribution in [0, 0.1) is 11.8 Å². The Morgan fingerprint density at radius 3 is 2.93 bits per heavy atom. The molecule has 1 aliphatic heterocycles. The van der Waals surface area contributed by atoms with Crippen molar-refractivity contribution >= 4 is 18.0 Å². The number of carbonyl (C=O) groups excluding carboxylic acids is 2. The molecule has 6 heteroatoms. The topological polar surface area (TPSA) is 84.9 Å². The number of aliphatic hydroxyl groups is 1. The van der Waals surface area contributed by atoms with Crippen molar-refractivity contribution in [2.45, 2.75) is 51.4 Å². The minimum atomic E-state index is -1.52. The lowest BCUT2D eigenvalue weighted by Crippen LogP contribution is -2.45. The number of fused-ring (bicyclic) bond motifs is 2. The van der Waals surface area contributed by atoms with Crippen LogP contribution >= 0.6 is 0 Å². The molecular weight excluding hydrogens is 346 g/mol. The third-order valence-corrected chi connectivity index (χ3v) is 4.18. The molecule has 1 saturated carbocycles. The van der Waals surface area contributed by atoms with Gasteiger partial charge in [0.05, 0.1) is 12.1 Å². The number of carbonyl (C=O) groups is 2. The van der Waals surface area contributed by atoms with Gasteiger partial charge in [0.2, 0.25) is 5.79 Å². The van der Waals surface area contributed by atoms with Gasteiger partial charge in [0, 0.05) is 24.0 Å². The molecule has 1 atom stereocenters. The van der Waals surface area contributed by atoms with E-state index in [9.17, 15) is 14.7 Å². The molecule has 142 valence electrons. The highest BCUT2D eigenvalue weighted by Gasteiger charge is 2.43. The van der Waals surface area contributed by atoms with Crippen molar-refractivity contribution in [1.29, 1.82) is 0 Å². The van der Waals surface area contributed by atoms with E-state index in [-0.39, 0.29) is 12.3 Å². The Bertz CT molecular complexity index is 869. The normalized spacial score (nSPS) is 20.9. The van der Waals surface area contributed by atoms with Crippen LogP contribution in [0.3, 0.4) is 0 Å². The van der Waals surface area contributed by atoms with Gasteiger partial charge < -0.3 is 19.9 Å². The Kier molecular flexibility index (Phi) is 4.99. The van der Waals surface area contributed by atoms with E-state index < -0.39 is 17.5 Å². The fourth-order valence-corrected chi connectivity index (χ4v) is 3.02. The summed E-state index contributed by atoms with van der Waals surface area (Å²) in [5.74, 6) is 4.72. The van der Waals surface area contributed by atoms with Crippen molar-refractivity contribution in [3.8, 4) is 17.6 Å². The lowest BCUT2D eigenvalue weighted by molar-refractivity contribution is -0.142. The molecule has 1 amide bonds. The van der Waals surface area contributed by atoms with Crippen LogP contribution in [0.2, 0.25) is 0 Å². The highest BCUT2D eigenvalue weighted by molar-refractivity contribution is 6.02. The van der Waals surface area contributed by atoms with Crippen LogP contribution in [0.5, 0.6) is 5.75 Å². The van der Waals surface area contributed by atoms with Gasteiger partial charge in [-0.2, -0.15) is 0 Å². The molecule has 1 heterocycles. The number of rotatable bonds is 1. The van der Waals surface area contributed by atoms with Crippen LogP contribution < -0.4 is 10.1 Å². The van der Waals surface area contributed by atoms with Crippen LogP contribution in [0.25, 0.3) is 6.08 Å². The largest absolute Gasteiger partial charge is 0.457 e. The van der Waals surface area contributed by atoms with Crippen LogP contribution in [0.15, 0.2) is 23.8 Å². The SMILES string of the molecule is CC(C)(C)OC(=O)NCC#Cc1ccc2c(c1)C=C1C(=O)CCCC1(O)O2. The molecule has 1 fully saturated rings. The molecule has 0 bridgehead atoms. The van der Waals surface area contributed by atoms with E-state index >= 15 is 0 Å². The maximum Gasteiger partial charge on any atom is 0.408 e. The lowest BCUT2D eigenvalue weighted by Gasteiger charge is -2.37. The van der Waals surface area contributed by atoms with E-state index in [2.05, 4.69) is 17.2 Å². The van der Waals surface area contributed by atoms with E-state index in [1.165, 1.54) is 0 Å². The van der Waals surface area contributed by atoms with Crippen molar-refractivity contribution in [3.05, 3.63) is 34.9 Å². The van der Waals surface area contributed by atoms with Gasteiger partial charge in [-0.15, -0.1) is 0 Å². The van der Waals surface area contributed by atoms with Crippen molar-refractivity contribution in [2.24, 2.45) is 0 Å². The molecule has 2 aliphatic rings. The predicted molar refractivity (Wildman–Crippen MR) is 100.0 cm³/mol. The Morgan fingerprint density at radius 2 is 2.19 bits per heavy atom. The summed E-state index contributed by atoms with van der Waals surface area (Å²) in [7, 11) is 0. The second-order valence-electron chi connectivity index (χ2n) is 7.63. The van der Waals surface area contributed by atoms with E-state index in [4.69, 9.17) is 9.47 Å². The number of amides is 1. The smallest absolute Gasteiger partial charge is 0.408 e. The van der Waals surface area contributed by atoms with Gasteiger partial charge in [0.1, 0.15) is 11.4 Å². The molecule has 27 heavy (non-hydrogen) atoms. The van der Waals surface area contributed by atoms with Crippen LogP contribution in [0.4, 0.5) is 4.79 Å².